The molecule has 4 heterocycles. The molecule has 0 aromatic carbocycles. The molecule has 2 aliphatic rings. The van der Waals surface area contributed by atoms with Crippen LogP contribution in [0.4, 0.5) is 24.9 Å². The maximum absolute atomic E-state index is 13.7. The van der Waals surface area contributed by atoms with Crippen molar-refractivity contribution in [3.05, 3.63) is 33.0 Å². The molecule has 0 saturated carbocycles. The van der Waals surface area contributed by atoms with E-state index in [9.17, 15) is 18.0 Å². The Kier molecular flexibility index (Phi) is 5.04. The molecule has 0 N–H and O–H groups in total. The smallest absolute Gasteiger partial charge is 0.377 e. The molecule has 2 aliphatic heterocycles. The molecule has 0 radical (unpaired) electrons. The largest absolute Gasteiger partial charge is 0.408 e. The first-order chi connectivity index (χ1) is 13.3. The van der Waals surface area contributed by atoms with Crippen LogP contribution in [0.3, 0.4) is 0 Å². The number of thiazole rings is 1. The SMILES string of the molecule is CC1COCCN1c1cc(=O)n2c(n1)N(Cc1nccs1)C(C(F)(F)F)CC2. The third kappa shape index (κ3) is 3.60. The predicted octanol–water partition coefficient (Wildman–Crippen LogP) is 2.27. The van der Waals surface area contributed by atoms with Crippen LogP contribution in [0.5, 0.6) is 0 Å². The summed E-state index contributed by atoms with van der Waals surface area (Å²) < 4.78 is 47.9. The fourth-order valence-electron chi connectivity index (χ4n) is 3.67. The van der Waals surface area contributed by atoms with Gasteiger partial charge in [0.1, 0.15) is 16.9 Å². The van der Waals surface area contributed by atoms with Gasteiger partial charge in [-0.25, -0.2) is 4.98 Å². The summed E-state index contributed by atoms with van der Waals surface area (Å²) in [5.74, 6) is 0.434. The Morgan fingerprint density at radius 3 is 2.86 bits per heavy atom. The predicted molar refractivity (Wildman–Crippen MR) is 98.9 cm³/mol. The van der Waals surface area contributed by atoms with Crippen LogP contribution in [-0.4, -0.2) is 52.6 Å². The molecule has 11 heteroatoms. The van der Waals surface area contributed by atoms with Gasteiger partial charge in [0.25, 0.3) is 5.56 Å². The molecular weight excluding hydrogens is 395 g/mol. The summed E-state index contributed by atoms with van der Waals surface area (Å²) in [6.45, 7) is 3.37. The molecule has 1 fully saturated rings. The number of alkyl halides is 3. The van der Waals surface area contributed by atoms with Crippen LogP contribution < -0.4 is 15.4 Å². The lowest BCUT2D eigenvalue weighted by atomic mass is 10.1. The van der Waals surface area contributed by atoms with Crippen molar-refractivity contribution in [2.45, 2.75) is 44.7 Å². The Bertz CT molecular complexity index is 886. The number of anilines is 2. The minimum Gasteiger partial charge on any atom is -0.377 e. The van der Waals surface area contributed by atoms with E-state index in [1.807, 2.05) is 11.8 Å². The molecule has 4 rings (SSSR count). The standard InChI is InChI=1S/C17H20F3N5O2S/c1-11-10-27-6-5-23(11)13-8-15(26)24-4-2-12(17(18,19)20)25(16(24)22-13)9-14-21-3-7-28-14/h3,7-8,11-12H,2,4-6,9-10H2,1H3. The highest BCUT2D eigenvalue weighted by atomic mass is 32.1. The van der Waals surface area contributed by atoms with E-state index in [2.05, 4.69) is 9.97 Å². The lowest BCUT2D eigenvalue weighted by molar-refractivity contribution is -0.153. The summed E-state index contributed by atoms with van der Waals surface area (Å²) >= 11 is 1.28. The molecule has 0 bridgehead atoms. The molecule has 2 aromatic rings. The number of nitrogens with zero attached hydrogens (tertiary/aromatic N) is 5. The van der Waals surface area contributed by atoms with Gasteiger partial charge in [0.2, 0.25) is 5.95 Å². The van der Waals surface area contributed by atoms with E-state index in [1.165, 1.54) is 26.9 Å². The second kappa shape index (κ2) is 7.36. The second-order valence-electron chi connectivity index (χ2n) is 6.92. The zero-order chi connectivity index (χ0) is 19.9. The molecule has 2 aromatic heterocycles. The van der Waals surface area contributed by atoms with Crippen molar-refractivity contribution >= 4 is 23.1 Å². The Balaban J connectivity index is 1.78. The normalized spacial score (nSPS) is 23.0. The number of hydrogen-bond donors (Lipinski definition) is 0. The number of halogens is 3. The third-order valence-corrected chi connectivity index (χ3v) is 5.83. The zero-order valence-corrected chi connectivity index (χ0v) is 16.0. The highest BCUT2D eigenvalue weighted by Crippen LogP contribution is 2.35. The molecular formula is C17H20F3N5O2S. The number of morpholine rings is 1. The van der Waals surface area contributed by atoms with Crippen LogP contribution in [-0.2, 0) is 17.8 Å². The van der Waals surface area contributed by atoms with E-state index in [0.717, 1.165) is 0 Å². The maximum Gasteiger partial charge on any atom is 0.408 e. The van der Waals surface area contributed by atoms with Crippen LogP contribution >= 0.6 is 11.3 Å². The van der Waals surface area contributed by atoms with Gasteiger partial charge in [-0.15, -0.1) is 11.3 Å². The first-order valence-electron chi connectivity index (χ1n) is 9.02. The summed E-state index contributed by atoms with van der Waals surface area (Å²) in [4.78, 5) is 24.4. The van der Waals surface area contributed by atoms with Gasteiger partial charge in [0.05, 0.1) is 25.8 Å². The molecule has 0 aliphatic carbocycles. The Labute approximate surface area is 163 Å². The summed E-state index contributed by atoms with van der Waals surface area (Å²) in [5.41, 5.74) is -0.344. The Morgan fingerprint density at radius 1 is 1.36 bits per heavy atom. The molecule has 7 nitrogen and oxygen atoms in total. The lowest BCUT2D eigenvalue weighted by Gasteiger charge is -2.40. The zero-order valence-electron chi connectivity index (χ0n) is 15.2. The van der Waals surface area contributed by atoms with Crippen molar-refractivity contribution < 1.29 is 17.9 Å². The van der Waals surface area contributed by atoms with Crippen molar-refractivity contribution in [1.29, 1.82) is 0 Å². The van der Waals surface area contributed by atoms with E-state index in [0.29, 0.717) is 30.6 Å². The highest BCUT2D eigenvalue weighted by Gasteiger charge is 2.47. The second-order valence-corrected chi connectivity index (χ2v) is 7.90. The minimum atomic E-state index is -4.43. The number of aromatic nitrogens is 3. The Morgan fingerprint density at radius 2 is 2.18 bits per heavy atom. The van der Waals surface area contributed by atoms with Gasteiger partial charge in [-0.1, -0.05) is 0 Å². The minimum absolute atomic E-state index is 0.0152. The van der Waals surface area contributed by atoms with Crippen LogP contribution in [0.25, 0.3) is 0 Å². The van der Waals surface area contributed by atoms with Gasteiger partial charge in [0, 0.05) is 30.7 Å². The molecule has 2 atom stereocenters. The average Bonchev–Trinajstić information content (AvgIpc) is 3.14. The van der Waals surface area contributed by atoms with Gasteiger partial charge in [-0.2, -0.15) is 18.2 Å². The lowest BCUT2D eigenvalue weighted by Crippen LogP contribution is -2.52. The van der Waals surface area contributed by atoms with Crippen molar-refractivity contribution in [2.24, 2.45) is 0 Å². The summed E-state index contributed by atoms with van der Waals surface area (Å²) in [5, 5.41) is 2.26. The fourth-order valence-corrected chi connectivity index (χ4v) is 4.28. The fraction of sp³-hybridized carbons (Fsp3) is 0.588. The van der Waals surface area contributed by atoms with E-state index >= 15 is 0 Å². The summed E-state index contributed by atoms with van der Waals surface area (Å²) in [6, 6.07) is -0.320. The third-order valence-electron chi connectivity index (χ3n) is 5.06. The van der Waals surface area contributed by atoms with Crippen LogP contribution in [0, 0.1) is 0 Å². The summed E-state index contributed by atoms with van der Waals surface area (Å²) in [7, 11) is 0. The number of hydrogen-bond acceptors (Lipinski definition) is 7. The molecule has 28 heavy (non-hydrogen) atoms. The van der Waals surface area contributed by atoms with Gasteiger partial charge in [0.15, 0.2) is 0 Å². The van der Waals surface area contributed by atoms with Crippen LogP contribution in [0.15, 0.2) is 22.4 Å². The average molecular weight is 415 g/mol. The molecule has 0 amide bonds. The number of ether oxygens (including phenoxy) is 1. The monoisotopic (exact) mass is 415 g/mol. The van der Waals surface area contributed by atoms with E-state index < -0.39 is 12.2 Å². The first kappa shape index (κ1) is 19.2. The molecule has 0 spiro atoms. The highest BCUT2D eigenvalue weighted by molar-refractivity contribution is 7.09. The number of fused-ring (bicyclic) bond motifs is 1. The van der Waals surface area contributed by atoms with Crippen molar-refractivity contribution in [1.82, 2.24) is 14.5 Å². The van der Waals surface area contributed by atoms with Crippen molar-refractivity contribution in [3.8, 4) is 0 Å². The molecule has 152 valence electrons. The van der Waals surface area contributed by atoms with E-state index in [-0.39, 0.29) is 37.1 Å². The van der Waals surface area contributed by atoms with Gasteiger partial charge >= 0.3 is 6.18 Å². The van der Waals surface area contributed by atoms with Crippen molar-refractivity contribution in [2.75, 3.05) is 29.6 Å². The quantitative estimate of drug-likeness (QED) is 0.767. The molecule has 2 unspecified atom stereocenters. The van der Waals surface area contributed by atoms with Crippen molar-refractivity contribution in [3.63, 3.8) is 0 Å². The topological polar surface area (TPSA) is 63.5 Å². The first-order valence-corrected chi connectivity index (χ1v) is 9.90. The number of rotatable bonds is 3. The van der Waals surface area contributed by atoms with Crippen LogP contribution in [0.1, 0.15) is 18.4 Å². The van der Waals surface area contributed by atoms with Gasteiger partial charge in [-0.05, 0) is 13.3 Å². The van der Waals surface area contributed by atoms with Gasteiger partial charge in [-0.3, -0.25) is 9.36 Å². The van der Waals surface area contributed by atoms with E-state index in [1.54, 1.807) is 11.6 Å². The van der Waals surface area contributed by atoms with E-state index in [4.69, 9.17) is 4.74 Å². The summed E-state index contributed by atoms with van der Waals surface area (Å²) in [6.07, 6.45) is -3.07. The molecule has 1 saturated heterocycles. The maximum atomic E-state index is 13.7. The Hall–Kier alpha value is -2.14. The van der Waals surface area contributed by atoms with Crippen LogP contribution in [0.2, 0.25) is 0 Å². The van der Waals surface area contributed by atoms with Gasteiger partial charge < -0.3 is 14.5 Å².